The smallest absolute Gasteiger partial charge is 0.233 e. The Labute approximate surface area is 170 Å². The van der Waals surface area contributed by atoms with Gasteiger partial charge in [-0.05, 0) is 53.6 Å². The van der Waals surface area contributed by atoms with Crippen molar-refractivity contribution < 1.29 is 14.4 Å². The van der Waals surface area contributed by atoms with Crippen LogP contribution in [0, 0.1) is 11.8 Å². The molecule has 148 valence electrons. The maximum atomic E-state index is 12.5. The van der Waals surface area contributed by atoms with Gasteiger partial charge in [-0.2, -0.15) is 0 Å². The molecule has 3 aliphatic rings. The predicted molar refractivity (Wildman–Crippen MR) is 110 cm³/mol. The third-order valence-electron chi connectivity index (χ3n) is 6.57. The van der Waals surface area contributed by atoms with Crippen molar-refractivity contribution in [3.8, 4) is 11.1 Å². The summed E-state index contributed by atoms with van der Waals surface area (Å²) in [5.74, 6) is -0.642. The van der Waals surface area contributed by atoms with E-state index in [2.05, 4.69) is 23.5 Å². The molecule has 2 atom stereocenters. The third-order valence-corrected chi connectivity index (χ3v) is 6.57. The van der Waals surface area contributed by atoms with Crippen LogP contribution in [-0.2, 0) is 20.8 Å². The Morgan fingerprint density at radius 2 is 1.62 bits per heavy atom. The minimum absolute atomic E-state index is 0.0807. The van der Waals surface area contributed by atoms with Crippen molar-refractivity contribution >= 4 is 23.4 Å². The molecule has 0 spiro atoms. The molecule has 0 bridgehead atoms. The van der Waals surface area contributed by atoms with Gasteiger partial charge in [0.15, 0.2) is 0 Å². The van der Waals surface area contributed by atoms with Crippen molar-refractivity contribution in [1.82, 2.24) is 4.90 Å². The summed E-state index contributed by atoms with van der Waals surface area (Å²) in [7, 11) is 0. The highest BCUT2D eigenvalue weighted by atomic mass is 16.2. The summed E-state index contributed by atoms with van der Waals surface area (Å²) < 4.78 is 0. The van der Waals surface area contributed by atoms with Gasteiger partial charge in [0, 0.05) is 18.7 Å². The first-order valence-electron chi connectivity index (χ1n) is 10.5. The highest BCUT2D eigenvalue weighted by molar-refractivity contribution is 6.05. The zero-order chi connectivity index (χ0) is 20.0. The second-order valence-electron chi connectivity index (χ2n) is 8.33. The normalized spacial score (nSPS) is 22.3. The first kappa shape index (κ1) is 18.1. The molecular formula is C24H24N2O3. The number of fused-ring (bicyclic) bond motifs is 4. The molecule has 5 rings (SSSR count). The van der Waals surface area contributed by atoms with E-state index < -0.39 is 0 Å². The van der Waals surface area contributed by atoms with Gasteiger partial charge >= 0.3 is 0 Å². The standard InChI is InChI=1S/C24H24N2O3/c27-22(11-12-26-23(28)20-7-3-4-8-21(20)24(26)29)25-17-9-10-19-16(14-17)13-15-5-1-2-6-18(15)19/h1-2,5-6,9-10,14,20-21H,3-4,7-8,11-13H2,(H,25,27). The van der Waals surface area contributed by atoms with E-state index in [4.69, 9.17) is 0 Å². The summed E-state index contributed by atoms with van der Waals surface area (Å²) in [6.07, 6.45) is 4.63. The van der Waals surface area contributed by atoms with Gasteiger partial charge in [0.1, 0.15) is 0 Å². The summed E-state index contributed by atoms with van der Waals surface area (Å²) in [4.78, 5) is 38.8. The molecule has 2 unspecified atom stereocenters. The van der Waals surface area contributed by atoms with Crippen molar-refractivity contribution in [3.05, 3.63) is 53.6 Å². The zero-order valence-corrected chi connectivity index (χ0v) is 16.3. The Bertz CT molecular complexity index is 989. The summed E-state index contributed by atoms with van der Waals surface area (Å²) in [5.41, 5.74) is 5.74. The van der Waals surface area contributed by atoms with Gasteiger partial charge in [0.05, 0.1) is 11.8 Å². The molecule has 1 aliphatic heterocycles. The molecule has 2 fully saturated rings. The molecule has 0 radical (unpaired) electrons. The van der Waals surface area contributed by atoms with Crippen LogP contribution in [0.2, 0.25) is 0 Å². The van der Waals surface area contributed by atoms with Gasteiger partial charge < -0.3 is 5.32 Å². The molecule has 2 aliphatic carbocycles. The molecule has 2 aromatic rings. The van der Waals surface area contributed by atoms with Gasteiger partial charge in [-0.1, -0.05) is 43.2 Å². The molecule has 1 heterocycles. The summed E-state index contributed by atoms with van der Waals surface area (Å²) in [5, 5.41) is 2.93. The number of anilines is 1. The van der Waals surface area contributed by atoms with Gasteiger partial charge in [-0.25, -0.2) is 0 Å². The van der Waals surface area contributed by atoms with E-state index in [1.807, 2.05) is 24.3 Å². The SMILES string of the molecule is O=C(CCN1C(=O)C2CCCCC2C1=O)Nc1ccc2c(c1)Cc1ccccc1-2. The Balaban J connectivity index is 1.21. The lowest BCUT2D eigenvalue weighted by atomic mass is 9.81. The van der Waals surface area contributed by atoms with Gasteiger partial charge in [0.25, 0.3) is 0 Å². The van der Waals surface area contributed by atoms with E-state index in [1.165, 1.54) is 27.2 Å². The molecule has 1 N–H and O–H groups in total. The molecule has 5 heteroatoms. The molecule has 2 aromatic carbocycles. The molecule has 5 nitrogen and oxygen atoms in total. The van der Waals surface area contributed by atoms with E-state index >= 15 is 0 Å². The van der Waals surface area contributed by atoms with Crippen LogP contribution in [-0.4, -0.2) is 29.2 Å². The number of nitrogens with zero attached hydrogens (tertiary/aromatic N) is 1. The minimum atomic E-state index is -0.170. The van der Waals surface area contributed by atoms with E-state index in [1.54, 1.807) is 0 Å². The van der Waals surface area contributed by atoms with Crippen LogP contribution >= 0.6 is 0 Å². The number of hydrogen-bond acceptors (Lipinski definition) is 3. The largest absolute Gasteiger partial charge is 0.326 e. The lowest BCUT2D eigenvalue weighted by Gasteiger charge is -2.19. The van der Waals surface area contributed by atoms with Crippen molar-refractivity contribution in [3.63, 3.8) is 0 Å². The van der Waals surface area contributed by atoms with E-state index in [0.717, 1.165) is 37.8 Å². The maximum absolute atomic E-state index is 12.5. The van der Waals surface area contributed by atoms with Crippen LogP contribution in [0.4, 0.5) is 5.69 Å². The second-order valence-corrected chi connectivity index (χ2v) is 8.33. The van der Waals surface area contributed by atoms with E-state index in [0.29, 0.717) is 0 Å². The van der Waals surface area contributed by atoms with Gasteiger partial charge in [-0.15, -0.1) is 0 Å². The number of likely N-dealkylation sites (tertiary alicyclic amines) is 1. The average molecular weight is 388 g/mol. The monoisotopic (exact) mass is 388 g/mol. The Morgan fingerprint density at radius 1 is 0.931 bits per heavy atom. The molecule has 29 heavy (non-hydrogen) atoms. The topological polar surface area (TPSA) is 66.5 Å². The highest BCUT2D eigenvalue weighted by Crippen LogP contribution is 2.39. The fourth-order valence-electron chi connectivity index (χ4n) is 5.11. The quantitative estimate of drug-likeness (QED) is 0.692. The predicted octanol–water partition coefficient (Wildman–Crippen LogP) is 3.76. The van der Waals surface area contributed by atoms with Crippen molar-refractivity contribution in [1.29, 1.82) is 0 Å². The van der Waals surface area contributed by atoms with Crippen LogP contribution in [0.1, 0.15) is 43.2 Å². The lowest BCUT2D eigenvalue weighted by Crippen LogP contribution is -2.34. The number of rotatable bonds is 4. The van der Waals surface area contributed by atoms with Crippen molar-refractivity contribution in [2.24, 2.45) is 11.8 Å². The van der Waals surface area contributed by atoms with Crippen LogP contribution in [0.15, 0.2) is 42.5 Å². The summed E-state index contributed by atoms with van der Waals surface area (Å²) in [6, 6.07) is 14.3. The molecule has 1 saturated carbocycles. The van der Waals surface area contributed by atoms with Gasteiger partial charge in [0.2, 0.25) is 17.7 Å². The molecular weight excluding hydrogens is 364 g/mol. The van der Waals surface area contributed by atoms with Crippen LogP contribution in [0.5, 0.6) is 0 Å². The Hall–Kier alpha value is -2.95. The fraction of sp³-hybridized carbons (Fsp3) is 0.375. The van der Waals surface area contributed by atoms with Crippen molar-refractivity contribution in [2.45, 2.75) is 38.5 Å². The molecule has 0 aromatic heterocycles. The second kappa shape index (κ2) is 7.14. The Kier molecular flexibility index (Phi) is 4.46. The number of nitrogens with one attached hydrogen (secondary N) is 1. The van der Waals surface area contributed by atoms with E-state index in [-0.39, 0.29) is 42.5 Å². The lowest BCUT2D eigenvalue weighted by molar-refractivity contribution is -0.140. The van der Waals surface area contributed by atoms with Crippen molar-refractivity contribution in [2.75, 3.05) is 11.9 Å². The number of hydrogen-bond donors (Lipinski definition) is 1. The number of amides is 3. The van der Waals surface area contributed by atoms with E-state index in [9.17, 15) is 14.4 Å². The number of carbonyl (C=O) groups excluding carboxylic acids is 3. The Morgan fingerprint density at radius 3 is 2.38 bits per heavy atom. The maximum Gasteiger partial charge on any atom is 0.233 e. The van der Waals surface area contributed by atoms with Gasteiger partial charge in [-0.3, -0.25) is 19.3 Å². The minimum Gasteiger partial charge on any atom is -0.326 e. The van der Waals surface area contributed by atoms with Crippen LogP contribution in [0.3, 0.4) is 0 Å². The highest BCUT2D eigenvalue weighted by Gasteiger charge is 2.47. The third kappa shape index (κ3) is 3.15. The van der Waals surface area contributed by atoms with Crippen LogP contribution in [0.25, 0.3) is 11.1 Å². The number of imide groups is 1. The molecule has 3 amide bonds. The molecule has 1 saturated heterocycles. The zero-order valence-electron chi connectivity index (χ0n) is 16.3. The average Bonchev–Trinajstić information content (AvgIpc) is 3.22. The summed E-state index contributed by atoms with van der Waals surface area (Å²) in [6.45, 7) is 0.173. The van der Waals surface area contributed by atoms with Crippen LogP contribution < -0.4 is 5.32 Å². The number of carbonyl (C=O) groups is 3. The summed E-state index contributed by atoms with van der Waals surface area (Å²) >= 11 is 0. The first-order valence-corrected chi connectivity index (χ1v) is 10.5. The fourth-order valence-corrected chi connectivity index (χ4v) is 5.11. The first-order chi connectivity index (χ1) is 14.1. The number of benzene rings is 2.